The number of hydrogen-bond acceptors (Lipinski definition) is 4. The van der Waals surface area contributed by atoms with Crippen LogP contribution in [-0.4, -0.2) is 31.2 Å². The Labute approximate surface area is 200 Å². The van der Waals surface area contributed by atoms with Crippen LogP contribution in [0.1, 0.15) is 42.4 Å². The molecule has 7 heteroatoms. The normalized spacial score (nSPS) is 12.1. The van der Waals surface area contributed by atoms with Gasteiger partial charge in [-0.05, 0) is 53.8 Å². The van der Waals surface area contributed by atoms with Gasteiger partial charge < -0.3 is 10.4 Å². The van der Waals surface area contributed by atoms with Crippen molar-refractivity contribution in [1.29, 1.82) is 0 Å². The van der Waals surface area contributed by atoms with E-state index in [1.807, 2.05) is 30.3 Å². The lowest BCUT2D eigenvalue weighted by Crippen LogP contribution is -2.18. The van der Waals surface area contributed by atoms with Gasteiger partial charge in [0.1, 0.15) is 0 Å². The van der Waals surface area contributed by atoms with Crippen LogP contribution in [0.25, 0.3) is 0 Å². The highest BCUT2D eigenvalue weighted by molar-refractivity contribution is 7.91. The molecule has 6 nitrogen and oxygen atoms in total. The Bertz CT molecular complexity index is 1220. The maximum absolute atomic E-state index is 13.0. The number of rotatable bonds is 11. The summed E-state index contributed by atoms with van der Waals surface area (Å²) in [7, 11) is -3.66. The van der Waals surface area contributed by atoms with Gasteiger partial charge in [-0.25, -0.2) is 8.42 Å². The minimum Gasteiger partial charge on any atom is -0.481 e. The van der Waals surface area contributed by atoms with Crippen LogP contribution < -0.4 is 5.32 Å². The van der Waals surface area contributed by atoms with E-state index in [2.05, 4.69) is 5.32 Å². The second kappa shape index (κ2) is 11.6. The van der Waals surface area contributed by atoms with Crippen LogP contribution in [0, 0.1) is 0 Å². The predicted octanol–water partition coefficient (Wildman–Crippen LogP) is 4.85. The molecule has 1 amide bonds. The molecule has 0 aromatic heterocycles. The first-order valence-electron chi connectivity index (χ1n) is 11.2. The molecule has 0 spiro atoms. The van der Waals surface area contributed by atoms with Gasteiger partial charge in [0.2, 0.25) is 5.91 Å². The molecule has 3 aromatic rings. The molecule has 34 heavy (non-hydrogen) atoms. The van der Waals surface area contributed by atoms with Crippen LogP contribution in [-0.2, 0) is 32.3 Å². The molecular formula is C27H29NO5S. The van der Waals surface area contributed by atoms with Crippen molar-refractivity contribution < 1.29 is 23.1 Å². The van der Waals surface area contributed by atoms with Crippen molar-refractivity contribution in [2.75, 3.05) is 11.1 Å². The molecule has 3 rings (SSSR count). The van der Waals surface area contributed by atoms with Crippen LogP contribution in [0.2, 0.25) is 0 Å². The van der Waals surface area contributed by atoms with E-state index in [0.717, 1.165) is 29.7 Å². The number of hydrogen-bond donors (Lipinski definition) is 2. The Morgan fingerprint density at radius 1 is 0.882 bits per heavy atom. The van der Waals surface area contributed by atoms with E-state index in [1.54, 1.807) is 55.5 Å². The quantitative estimate of drug-likeness (QED) is 0.409. The van der Waals surface area contributed by atoms with Crippen molar-refractivity contribution in [3.05, 3.63) is 95.6 Å². The molecule has 3 aromatic carbocycles. The number of carboxylic acid groups (broad SMARTS) is 1. The fraction of sp³-hybridized carbons (Fsp3) is 0.259. The van der Waals surface area contributed by atoms with E-state index in [-0.39, 0.29) is 23.0 Å². The van der Waals surface area contributed by atoms with Crippen molar-refractivity contribution in [2.24, 2.45) is 0 Å². The van der Waals surface area contributed by atoms with Gasteiger partial charge >= 0.3 is 5.97 Å². The highest BCUT2D eigenvalue weighted by Crippen LogP contribution is 2.25. The largest absolute Gasteiger partial charge is 0.481 e. The Balaban J connectivity index is 1.66. The first kappa shape index (κ1) is 25.2. The summed E-state index contributed by atoms with van der Waals surface area (Å²) in [4.78, 5) is 23.1. The van der Waals surface area contributed by atoms with Gasteiger partial charge in [-0.15, -0.1) is 0 Å². The summed E-state index contributed by atoms with van der Waals surface area (Å²) in [5.74, 6) is -1.95. The van der Waals surface area contributed by atoms with Crippen molar-refractivity contribution in [2.45, 2.75) is 43.4 Å². The maximum atomic E-state index is 13.0. The zero-order chi connectivity index (χ0) is 24.6. The molecule has 0 radical (unpaired) electrons. The summed E-state index contributed by atoms with van der Waals surface area (Å²) < 4.78 is 26.0. The first-order valence-corrected chi connectivity index (χ1v) is 12.9. The summed E-state index contributed by atoms with van der Waals surface area (Å²) in [5, 5.41) is 12.1. The Hall–Kier alpha value is -3.45. The van der Waals surface area contributed by atoms with Crippen LogP contribution in [0.5, 0.6) is 0 Å². The third-order valence-electron chi connectivity index (χ3n) is 5.63. The summed E-state index contributed by atoms with van der Waals surface area (Å²) in [6.07, 6.45) is 1.63. The minimum absolute atomic E-state index is 0.0354. The summed E-state index contributed by atoms with van der Waals surface area (Å²) >= 11 is 0. The van der Waals surface area contributed by atoms with Crippen LogP contribution in [0.4, 0.5) is 5.69 Å². The number of sulfone groups is 1. The molecule has 1 atom stereocenters. The predicted molar refractivity (Wildman–Crippen MR) is 133 cm³/mol. The van der Waals surface area contributed by atoms with Gasteiger partial charge in [0.05, 0.1) is 17.1 Å². The average molecular weight is 480 g/mol. The SMILES string of the molecule is CCC(=O)Nc1cccc(CCc2ccc(S(=O)(=O)CC(CC(=O)O)c3ccccc3)cc2)c1. The third kappa shape index (κ3) is 7.28. The zero-order valence-corrected chi connectivity index (χ0v) is 19.9. The van der Waals surface area contributed by atoms with E-state index in [9.17, 15) is 23.1 Å². The second-order valence-corrected chi connectivity index (χ2v) is 10.3. The number of benzene rings is 3. The van der Waals surface area contributed by atoms with Gasteiger partial charge in [-0.3, -0.25) is 9.59 Å². The molecule has 0 heterocycles. The van der Waals surface area contributed by atoms with E-state index in [0.29, 0.717) is 12.0 Å². The first-order chi connectivity index (χ1) is 16.3. The number of aryl methyl sites for hydroxylation is 2. The molecular weight excluding hydrogens is 450 g/mol. The van der Waals surface area contributed by atoms with E-state index in [1.165, 1.54) is 0 Å². The van der Waals surface area contributed by atoms with E-state index in [4.69, 9.17) is 0 Å². The number of carboxylic acids is 1. The van der Waals surface area contributed by atoms with Crippen molar-refractivity contribution in [3.63, 3.8) is 0 Å². The van der Waals surface area contributed by atoms with Gasteiger partial charge in [-0.2, -0.15) is 0 Å². The van der Waals surface area contributed by atoms with Crippen molar-refractivity contribution in [1.82, 2.24) is 0 Å². The highest BCUT2D eigenvalue weighted by Gasteiger charge is 2.24. The molecule has 2 N–H and O–H groups in total. The molecule has 0 fully saturated rings. The average Bonchev–Trinajstić information content (AvgIpc) is 2.83. The fourth-order valence-electron chi connectivity index (χ4n) is 3.78. The molecule has 0 aliphatic rings. The standard InChI is InChI=1S/C27H29NO5S/c1-2-26(29)28-24-10-6-7-21(17-24)12-11-20-13-15-25(16-14-20)34(32,33)19-23(18-27(30)31)22-8-4-3-5-9-22/h3-10,13-17,23H,2,11-12,18-19H2,1H3,(H,28,29)(H,30,31). The van der Waals surface area contributed by atoms with Gasteiger partial charge in [0.25, 0.3) is 0 Å². The smallest absolute Gasteiger partial charge is 0.303 e. The topological polar surface area (TPSA) is 101 Å². The molecule has 0 aliphatic carbocycles. The monoisotopic (exact) mass is 479 g/mol. The number of nitrogens with one attached hydrogen (secondary N) is 1. The Morgan fingerprint density at radius 2 is 1.56 bits per heavy atom. The van der Waals surface area contributed by atoms with Crippen molar-refractivity contribution in [3.8, 4) is 0 Å². The lowest BCUT2D eigenvalue weighted by atomic mass is 9.98. The highest BCUT2D eigenvalue weighted by atomic mass is 32.2. The number of carbonyl (C=O) groups is 2. The molecule has 178 valence electrons. The Morgan fingerprint density at radius 3 is 2.21 bits per heavy atom. The number of aliphatic carboxylic acids is 1. The van der Waals surface area contributed by atoms with E-state index < -0.39 is 21.7 Å². The maximum Gasteiger partial charge on any atom is 0.303 e. The van der Waals surface area contributed by atoms with Crippen molar-refractivity contribution >= 4 is 27.4 Å². The van der Waals surface area contributed by atoms with Crippen LogP contribution in [0.3, 0.4) is 0 Å². The van der Waals surface area contributed by atoms with Gasteiger partial charge in [0, 0.05) is 18.0 Å². The number of anilines is 1. The fourth-order valence-corrected chi connectivity index (χ4v) is 5.36. The summed E-state index contributed by atoms with van der Waals surface area (Å²) in [5.41, 5.74) is 3.53. The van der Waals surface area contributed by atoms with Gasteiger partial charge in [-0.1, -0.05) is 61.5 Å². The lowest BCUT2D eigenvalue weighted by molar-refractivity contribution is -0.137. The lowest BCUT2D eigenvalue weighted by Gasteiger charge is -2.16. The van der Waals surface area contributed by atoms with Crippen LogP contribution in [0.15, 0.2) is 83.8 Å². The minimum atomic E-state index is -3.66. The molecule has 0 bridgehead atoms. The zero-order valence-electron chi connectivity index (χ0n) is 19.1. The Kier molecular flexibility index (Phi) is 8.60. The molecule has 0 saturated heterocycles. The third-order valence-corrected chi connectivity index (χ3v) is 7.46. The number of carbonyl (C=O) groups excluding carboxylic acids is 1. The van der Waals surface area contributed by atoms with Crippen LogP contribution >= 0.6 is 0 Å². The summed E-state index contributed by atoms with van der Waals surface area (Å²) in [6, 6.07) is 23.3. The van der Waals surface area contributed by atoms with Gasteiger partial charge in [0.15, 0.2) is 9.84 Å². The molecule has 0 saturated carbocycles. The summed E-state index contributed by atoms with van der Waals surface area (Å²) in [6.45, 7) is 1.80. The second-order valence-electron chi connectivity index (χ2n) is 8.23. The molecule has 0 aliphatic heterocycles. The van der Waals surface area contributed by atoms with E-state index >= 15 is 0 Å². The number of amides is 1. The molecule has 1 unspecified atom stereocenters.